The zero-order valence-corrected chi connectivity index (χ0v) is 10.8. The quantitative estimate of drug-likeness (QED) is 0.926. The van der Waals surface area contributed by atoms with E-state index in [0.717, 1.165) is 11.3 Å². The Kier molecular flexibility index (Phi) is 3.62. The maximum absolute atomic E-state index is 12.0. The first-order valence-electron chi connectivity index (χ1n) is 5.49. The van der Waals surface area contributed by atoms with Gasteiger partial charge in [0.15, 0.2) is 0 Å². The second kappa shape index (κ2) is 5.18. The van der Waals surface area contributed by atoms with Crippen LogP contribution < -0.4 is 5.32 Å². The molecule has 94 valence electrons. The predicted octanol–water partition coefficient (Wildman–Crippen LogP) is 2.44. The lowest BCUT2D eigenvalue weighted by molar-refractivity contribution is -0.119. The Morgan fingerprint density at radius 3 is 2.89 bits per heavy atom. The summed E-state index contributed by atoms with van der Waals surface area (Å²) in [7, 11) is 0. The molecule has 1 atom stereocenters. The van der Waals surface area contributed by atoms with Crippen molar-refractivity contribution in [3.05, 3.63) is 41.4 Å². The van der Waals surface area contributed by atoms with Crippen molar-refractivity contribution in [3.63, 3.8) is 0 Å². The molecule has 1 unspecified atom stereocenters. The zero-order valence-electron chi connectivity index (χ0n) is 10.1. The molecule has 0 saturated carbocycles. The van der Waals surface area contributed by atoms with Crippen molar-refractivity contribution in [2.24, 2.45) is 0 Å². The molecule has 1 N–H and O–H groups in total. The Morgan fingerprint density at radius 1 is 1.50 bits per heavy atom. The van der Waals surface area contributed by atoms with Gasteiger partial charge >= 0.3 is 0 Å². The molecule has 0 aliphatic heterocycles. The predicted molar refractivity (Wildman–Crippen MR) is 69.6 cm³/mol. The van der Waals surface area contributed by atoms with E-state index in [1.54, 1.807) is 25.1 Å². The number of halogens is 1. The third kappa shape index (κ3) is 2.68. The first kappa shape index (κ1) is 12.6. The van der Waals surface area contributed by atoms with Gasteiger partial charge in [0, 0.05) is 10.7 Å². The van der Waals surface area contributed by atoms with Crippen molar-refractivity contribution in [1.29, 1.82) is 0 Å². The fraction of sp³-hybridized carbons (Fsp3) is 0.250. The number of rotatable bonds is 3. The Hall–Kier alpha value is -1.88. The van der Waals surface area contributed by atoms with Gasteiger partial charge in [-0.05, 0) is 37.6 Å². The first-order chi connectivity index (χ1) is 8.58. The lowest BCUT2D eigenvalue weighted by Crippen LogP contribution is -2.24. The number of hydrogen-bond donors (Lipinski definition) is 1. The highest BCUT2D eigenvalue weighted by Crippen LogP contribution is 2.20. The van der Waals surface area contributed by atoms with Crippen LogP contribution in [0.25, 0.3) is 0 Å². The molecule has 0 radical (unpaired) electrons. The number of benzene rings is 1. The molecule has 5 nitrogen and oxygen atoms in total. The van der Waals surface area contributed by atoms with E-state index in [-0.39, 0.29) is 5.91 Å². The Bertz CT molecular complexity index is 553. The Labute approximate surface area is 110 Å². The summed E-state index contributed by atoms with van der Waals surface area (Å²) in [5.74, 6) is -0.147. The molecule has 1 aromatic heterocycles. The largest absolute Gasteiger partial charge is 0.324 e. The molecule has 18 heavy (non-hydrogen) atoms. The second-order valence-electron chi connectivity index (χ2n) is 4.00. The summed E-state index contributed by atoms with van der Waals surface area (Å²) in [6.45, 7) is 3.65. The van der Waals surface area contributed by atoms with Gasteiger partial charge in [0.2, 0.25) is 5.91 Å². The van der Waals surface area contributed by atoms with E-state index in [1.807, 2.05) is 6.92 Å². The average molecular weight is 265 g/mol. The molecule has 0 aliphatic rings. The van der Waals surface area contributed by atoms with Crippen LogP contribution in [-0.2, 0) is 4.79 Å². The number of carbonyl (C=O) groups excluding carboxylic acids is 1. The van der Waals surface area contributed by atoms with Crippen LogP contribution in [0.1, 0.15) is 18.5 Å². The monoisotopic (exact) mass is 264 g/mol. The minimum Gasteiger partial charge on any atom is -0.324 e. The molecular weight excluding hydrogens is 252 g/mol. The van der Waals surface area contributed by atoms with Crippen molar-refractivity contribution in [3.8, 4) is 0 Å². The van der Waals surface area contributed by atoms with Crippen LogP contribution in [0.3, 0.4) is 0 Å². The van der Waals surface area contributed by atoms with Gasteiger partial charge in [-0.25, -0.2) is 9.67 Å². The highest BCUT2D eigenvalue weighted by atomic mass is 35.5. The molecule has 1 aromatic carbocycles. The summed E-state index contributed by atoms with van der Waals surface area (Å²) >= 11 is 5.86. The van der Waals surface area contributed by atoms with Crippen LogP contribution in [0.15, 0.2) is 30.9 Å². The van der Waals surface area contributed by atoms with E-state index in [4.69, 9.17) is 11.6 Å². The van der Waals surface area contributed by atoms with E-state index in [0.29, 0.717) is 5.02 Å². The SMILES string of the molecule is Cc1cc(Cl)ccc1NC(=O)C(C)n1cncn1. The summed E-state index contributed by atoms with van der Waals surface area (Å²) in [6.07, 6.45) is 2.91. The smallest absolute Gasteiger partial charge is 0.249 e. The number of aryl methyl sites for hydroxylation is 1. The van der Waals surface area contributed by atoms with Crippen LogP contribution >= 0.6 is 11.6 Å². The fourth-order valence-corrected chi connectivity index (χ4v) is 1.77. The molecule has 0 spiro atoms. The Balaban J connectivity index is 2.12. The number of amides is 1. The first-order valence-corrected chi connectivity index (χ1v) is 5.87. The van der Waals surface area contributed by atoms with E-state index >= 15 is 0 Å². The van der Waals surface area contributed by atoms with E-state index in [2.05, 4.69) is 15.4 Å². The molecule has 1 heterocycles. The number of nitrogens with one attached hydrogen (secondary N) is 1. The van der Waals surface area contributed by atoms with Crippen LogP contribution in [0.2, 0.25) is 5.02 Å². The second-order valence-corrected chi connectivity index (χ2v) is 4.44. The molecule has 2 rings (SSSR count). The molecular formula is C12H13ClN4O. The zero-order chi connectivity index (χ0) is 13.1. The maximum atomic E-state index is 12.0. The lowest BCUT2D eigenvalue weighted by Gasteiger charge is -2.13. The van der Waals surface area contributed by atoms with Gasteiger partial charge in [-0.15, -0.1) is 0 Å². The standard InChI is InChI=1S/C12H13ClN4O/c1-8-5-10(13)3-4-11(8)16-12(18)9(2)17-7-14-6-15-17/h3-7,9H,1-2H3,(H,16,18). The topological polar surface area (TPSA) is 59.8 Å². The maximum Gasteiger partial charge on any atom is 0.249 e. The lowest BCUT2D eigenvalue weighted by atomic mass is 10.2. The third-order valence-corrected chi connectivity index (χ3v) is 2.89. The van der Waals surface area contributed by atoms with Crippen molar-refractivity contribution in [2.45, 2.75) is 19.9 Å². The number of nitrogens with zero attached hydrogens (tertiary/aromatic N) is 3. The third-order valence-electron chi connectivity index (χ3n) is 2.66. The van der Waals surface area contributed by atoms with E-state index < -0.39 is 6.04 Å². The summed E-state index contributed by atoms with van der Waals surface area (Å²) < 4.78 is 1.50. The average Bonchev–Trinajstić information content (AvgIpc) is 2.85. The van der Waals surface area contributed by atoms with Crippen molar-refractivity contribution in [1.82, 2.24) is 14.8 Å². The molecule has 0 saturated heterocycles. The number of anilines is 1. The summed E-state index contributed by atoms with van der Waals surface area (Å²) in [6, 6.07) is 4.91. The number of aromatic nitrogens is 3. The van der Waals surface area contributed by atoms with Gasteiger partial charge in [-0.1, -0.05) is 11.6 Å². The molecule has 0 bridgehead atoms. The highest BCUT2D eigenvalue weighted by Gasteiger charge is 2.16. The minimum atomic E-state index is -0.414. The normalized spacial score (nSPS) is 12.2. The van der Waals surface area contributed by atoms with Crippen molar-refractivity contribution >= 4 is 23.2 Å². The van der Waals surface area contributed by atoms with E-state index in [9.17, 15) is 4.79 Å². The molecule has 2 aromatic rings. The van der Waals surface area contributed by atoms with Crippen LogP contribution in [0.5, 0.6) is 0 Å². The van der Waals surface area contributed by atoms with Gasteiger partial charge in [0.05, 0.1) is 0 Å². The van der Waals surface area contributed by atoms with Crippen molar-refractivity contribution in [2.75, 3.05) is 5.32 Å². The molecule has 6 heteroatoms. The molecule has 0 fully saturated rings. The summed E-state index contributed by atoms with van der Waals surface area (Å²) in [5, 5.41) is 7.43. The molecule has 1 amide bonds. The summed E-state index contributed by atoms with van der Waals surface area (Å²) in [5.41, 5.74) is 1.66. The van der Waals surface area contributed by atoms with Gasteiger partial charge < -0.3 is 5.32 Å². The van der Waals surface area contributed by atoms with Gasteiger partial charge in [-0.2, -0.15) is 5.10 Å². The van der Waals surface area contributed by atoms with Crippen LogP contribution in [-0.4, -0.2) is 20.7 Å². The summed E-state index contributed by atoms with van der Waals surface area (Å²) in [4.78, 5) is 15.8. The number of carbonyl (C=O) groups is 1. The van der Waals surface area contributed by atoms with Gasteiger partial charge in [0.25, 0.3) is 0 Å². The minimum absolute atomic E-state index is 0.147. The van der Waals surface area contributed by atoms with E-state index in [1.165, 1.54) is 17.3 Å². The van der Waals surface area contributed by atoms with Gasteiger partial charge in [-0.3, -0.25) is 4.79 Å². The number of hydrogen-bond acceptors (Lipinski definition) is 3. The van der Waals surface area contributed by atoms with Crippen LogP contribution in [0, 0.1) is 6.92 Å². The molecule has 0 aliphatic carbocycles. The van der Waals surface area contributed by atoms with Gasteiger partial charge in [0.1, 0.15) is 18.7 Å². The van der Waals surface area contributed by atoms with Crippen LogP contribution in [0.4, 0.5) is 5.69 Å². The Morgan fingerprint density at radius 2 is 2.28 bits per heavy atom. The highest BCUT2D eigenvalue weighted by molar-refractivity contribution is 6.30. The fourth-order valence-electron chi connectivity index (χ4n) is 1.54. The van der Waals surface area contributed by atoms with Crippen molar-refractivity contribution < 1.29 is 4.79 Å².